The highest BCUT2D eigenvalue weighted by Gasteiger charge is 2.02. The Kier molecular flexibility index (Phi) is 5.88. The lowest BCUT2D eigenvalue weighted by Gasteiger charge is -2.08. The van der Waals surface area contributed by atoms with Gasteiger partial charge in [0, 0.05) is 11.4 Å². The van der Waals surface area contributed by atoms with Gasteiger partial charge in [0.2, 0.25) is 0 Å². The third kappa shape index (κ3) is 4.31. The highest BCUT2D eigenvalue weighted by molar-refractivity contribution is 9.09. The number of unbranched alkanes of at least 4 members (excludes halogenated alkanes) is 1. The van der Waals surface area contributed by atoms with Crippen LogP contribution in [0, 0.1) is 0 Å². The Labute approximate surface area is 104 Å². The van der Waals surface area contributed by atoms with E-state index >= 15 is 0 Å². The third-order valence-corrected chi connectivity index (χ3v) is 2.78. The maximum atomic E-state index is 6.01. The zero-order valence-electron chi connectivity index (χ0n) is 8.63. The third-order valence-electron chi connectivity index (χ3n) is 1.92. The standard InChI is InChI=1S/C11H14BrClO2/c1-14-9-4-5-11(10(13)8-9)15-7-3-2-6-12/h4-5,8H,2-3,6-7H2,1H3. The van der Waals surface area contributed by atoms with Crippen molar-refractivity contribution in [2.24, 2.45) is 0 Å². The summed E-state index contributed by atoms with van der Waals surface area (Å²) in [6.07, 6.45) is 2.13. The van der Waals surface area contributed by atoms with Gasteiger partial charge in [0.15, 0.2) is 0 Å². The van der Waals surface area contributed by atoms with Crippen LogP contribution >= 0.6 is 27.5 Å². The summed E-state index contributed by atoms with van der Waals surface area (Å²) in [5, 5.41) is 1.60. The zero-order valence-corrected chi connectivity index (χ0v) is 11.0. The highest BCUT2D eigenvalue weighted by atomic mass is 79.9. The summed E-state index contributed by atoms with van der Waals surface area (Å²) in [5.41, 5.74) is 0. The van der Waals surface area contributed by atoms with Crippen molar-refractivity contribution in [2.75, 3.05) is 19.0 Å². The summed E-state index contributed by atoms with van der Waals surface area (Å²) in [6, 6.07) is 5.42. The van der Waals surface area contributed by atoms with Gasteiger partial charge in [-0.05, 0) is 25.0 Å². The van der Waals surface area contributed by atoms with Crippen LogP contribution < -0.4 is 9.47 Å². The van der Waals surface area contributed by atoms with Crippen molar-refractivity contribution in [3.05, 3.63) is 23.2 Å². The fraction of sp³-hybridized carbons (Fsp3) is 0.455. The van der Waals surface area contributed by atoms with Crippen LogP contribution in [0.5, 0.6) is 11.5 Å². The molecule has 0 spiro atoms. The minimum absolute atomic E-state index is 0.591. The van der Waals surface area contributed by atoms with Gasteiger partial charge in [-0.3, -0.25) is 0 Å². The average Bonchev–Trinajstić information content (AvgIpc) is 2.26. The van der Waals surface area contributed by atoms with E-state index in [9.17, 15) is 0 Å². The van der Waals surface area contributed by atoms with Crippen molar-refractivity contribution >= 4 is 27.5 Å². The van der Waals surface area contributed by atoms with Gasteiger partial charge >= 0.3 is 0 Å². The number of benzene rings is 1. The molecule has 4 heteroatoms. The highest BCUT2D eigenvalue weighted by Crippen LogP contribution is 2.28. The lowest BCUT2D eigenvalue weighted by atomic mass is 10.3. The van der Waals surface area contributed by atoms with E-state index in [-0.39, 0.29) is 0 Å². The van der Waals surface area contributed by atoms with E-state index in [4.69, 9.17) is 21.1 Å². The maximum absolute atomic E-state index is 6.01. The Morgan fingerprint density at radius 3 is 2.73 bits per heavy atom. The molecule has 0 aromatic heterocycles. The van der Waals surface area contributed by atoms with Crippen LogP contribution in [-0.2, 0) is 0 Å². The Hall–Kier alpha value is -0.410. The number of hydrogen-bond acceptors (Lipinski definition) is 2. The summed E-state index contributed by atoms with van der Waals surface area (Å²) in [6.45, 7) is 0.692. The second-order valence-corrected chi connectivity index (χ2v) is 4.24. The predicted octanol–water partition coefficient (Wildman–Crippen LogP) is 3.90. The van der Waals surface area contributed by atoms with E-state index in [2.05, 4.69) is 15.9 Å². The summed E-state index contributed by atoms with van der Waals surface area (Å²) in [5.74, 6) is 1.46. The number of halogens is 2. The number of hydrogen-bond donors (Lipinski definition) is 0. The fourth-order valence-electron chi connectivity index (χ4n) is 1.10. The Morgan fingerprint density at radius 1 is 1.33 bits per heavy atom. The molecule has 0 N–H and O–H groups in total. The molecule has 0 radical (unpaired) electrons. The molecule has 0 saturated carbocycles. The Balaban J connectivity index is 2.47. The second kappa shape index (κ2) is 6.96. The van der Waals surface area contributed by atoms with E-state index in [1.54, 1.807) is 13.2 Å². The molecule has 15 heavy (non-hydrogen) atoms. The molecule has 1 aromatic rings. The van der Waals surface area contributed by atoms with Crippen LogP contribution in [0.4, 0.5) is 0 Å². The zero-order chi connectivity index (χ0) is 11.1. The van der Waals surface area contributed by atoms with Gasteiger partial charge in [-0.25, -0.2) is 0 Å². The van der Waals surface area contributed by atoms with Crippen LogP contribution in [-0.4, -0.2) is 19.0 Å². The molecule has 0 fully saturated rings. The van der Waals surface area contributed by atoms with Crippen molar-refractivity contribution < 1.29 is 9.47 Å². The molecule has 1 aromatic carbocycles. The van der Waals surface area contributed by atoms with E-state index in [1.165, 1.54) is 0 Å². The molecule has 0 atom stereocenters. The Morgan fingerprint density at radius 2 is 2.13 bits per heavy atom. The molecule has 0 aliphatic carbocycles. The molecule has 0 bridgehead atoms. The van der Waals surface area contributed by atoms with Gasteiger partial charge in [-0.2, -0.15) is 0 Å². The molecule has 2 nitrogen and oxygen atoms in total. The van der Waals surface area contributed by atoms with Gasteiger partial charge in [-0.1, -0.05) is 27.5 Å². The maximum Gasteiger partial charge on any atom is 0.138 e. The van der Waals surface area contributed by atoms with Crippen molar-refractivity contribution in [2.45, 2.75) is 12.8 Å². The predicted molar refractivity (Wildman–Crippen MR) is 66.5 cm³/mol. The van der Waals surface area contributed by atoms with Crippen molar-refractivity contribution in [1.82, 2.24) is 0 Å². The normalized spacial score (nSPS) is 10.1. The molecule has 0 saturated heterocycles. The average molecular weight is 294 g/mol. The number of rotatable bonds is 6. The summed E-state index contributed by atoms with van der Waals surface area (Å²) < 4.78 is 10.6. The fourth-order valence-corrected chi connectivity index (χ4v) is 1.73. The topological polar surface area (TPSA) is 18.5 Å². The molecule has 84 valence electrons. The van der Waals surface area contributed by atoms with Crippen molar-refractivity contribution in [1.29, 1.82) is 0 Å². The molecule has 1 rings (SSSR count). The summed E-state index contributed by atoms with van der Waals surface area (Å²) in [7, 11) is 1.61. The molecular formula is C11H14BrClO2. The molecule has 0 aliphatic rings. The summed E-state index contributed by atoms with van der Waals surface area (Å²) in [4.78, 5) is 0. The molecule has 0 unspecified atom stereocenters. The van der Waals surface area contributed by atoms with E-state index < -0.39 is 0 Å². The smallest absolute Gasteiger partial charge is 0.138 e. The first kappa shape index (κ1) is 12.7. The van der Waals surface area contributed by atoms with Gasteiger partial charge < -0.3 is 9.47 Å². The van der Waals surface area contributed by atoms with Crippen molar-refractivity contribution in [3.8, 4) is 11.5 Å². The van der Waals surface area contributed by atoms with Gasteiger partial charge in [-0.15, -0.1) is 0 Å². The molecular weight excluding hydrogens is 279 g/mol. The van der Waals surface area contributed by atoms with Crippen LogP contribution in [0.15, 0.2) is 18.2 Å². The summed E-state index contributed by atoms with van der Waals surface area (Å²) >= 11 is 9.38. The first-order valence-corrected chi connectivity index (χ1v) is 6.30. The molecule has 0 amide bonds. The molecule has 0 aliphatic heterocycles. The first-order valence-electron chi connectivity index (χ1n) is 4.80. The quantitative estimate of drug-likeness (QED) is 0.585. The van der Waals surface area contributed by atoms with E-state index in [0.29, 0.717) is 17.4 Å². The number of alkyl halides is 1. The number of ether oxygens (including phenoxy) is 2. The largest absolute Gasteiger partial charge is 0.497 e. The van der Waals surface area contributed by atoms with Crippen LogP contribution in [0.1, 0.15) is 12.8 Å². The monoisotopic (exact) mass is 292 g/mol. The van der Waals surface area contributed by atoms with E-state index in [1.807, 2.05) is 12.1 Å². The number of methoxy groups -OCH3 is 1. The van der Waals surface area contributed by atoms with Crippen LogP contribution in [0.3, 0.4) is 0 Å². The minimum Gasteiger partial charge on any atom is -0.497 e. The van der Waals surface area contributed by atoms with Gasteiger partial charge in [0.05, 0.1) is 18.7 Å². The Bertz CT molecular complexity index is 305. The first-order chi connectivity index (χ1) is 7.27. The van der Waals surface area contributed by atoms with Gasteiger partial charge in [0.1, 0.15) is 11.5 Å². The van der Waals surface area contributed by atoms with Crippen LogP contribution in [0.25, 0.3) is 0 Å². The lowest BCUT2D eigenvalue weighted by molar-refractivity contribution is 0.309. The van der Waals surface area contributed by atoms with Gasteiger partial charge in [0.25, 0.3) is 0 Å². The lowest BCUT2D eigenvalue weighted by Crippen LogP contribution is -1.98. The minimum atomic E-state index is 0.591. The van der Waals surface area contributed by atoms with Crippen molar-refractivity contribution in [3.63, 3.8) is 0 Å². The molecule has 0 heterocycles. The van der Waals surface area contributed by atoms with E-state index in [0.717, 1.165) is 23.9 Å². The SMILES string of the molecule is COc1ccc(OCCCCBr)c(Cl)c1. The second-order valence-electron chi connectivity index (χ2n) is 3.04. The van der Waals surface area contributed by atoms with Crippen LogP contribution in [0.2, 0.25) is 5.02 Å².